The quantitative estimate of drug-likeness (QED) is 0.467. The third kappa shape index (κ3) is 5.56. The lowest BCUT2D eigenvalue weighted by Gasteiger charge is -2.30. The van der Waals surface area contributed by atoms with Crippen molar-refractivity contribution in [3.8, 4) is 0 Å². The molecule has 1 saturated carbocycles. The lowest BCUT2D eigenvalue weighted by Crippen LogP contribution is -2.41. The molecule has 1 aliphatic carbocycles. The Balaban J connectivity index is 1.57. The van der Waals surface area contributed by atoms with E-state index in [2.05, 4.69) is 15.5 Å². The van der Waals surface area contributed by atoms with Crippen molar-refractivity contribution in [1.82, 2.24) is 9.88 Å². The lowest BCUT2D eigenvalue weighted by atomic mass is 10.1. The van der Waals surface area contributed by atoms with Crippen LogP contribution in [0, 0.1) is 5.13 Å². The number of oxime groups is 1. The van der Waals surface area contributed by atoms with Gasteiger partial charge in [-0.25, -0.2) is 13.4 Å². The number of hydrogen-bond donors (Lipinski definition) is 1. The van der Waals surface area contributed by atoms with Crippen LogP contribution < -0.4 is 5.32 Å². The van der Waals surface area contributed by atoms with Gasteiger partial charge < -0.3 is 9.74 Å². The number of carbonyl (C=O) groups excluding carboxylic acids is 2. The number of hydrogen-bond acceptors (Lipinski definition) is 8. The maximum absolute atomic E-state index is 13.3. The highest BCUT2D eigenvalue weighted by molar-refractivity contribution is 7.92. The summed E-state index contributed by atoms with van der Waals surface area (Å²) in [5, 5.41) is 5.69. The molecule has 2 aromatic rings. The molecule has 1 atom stereocenters. The fourth-order valence-corrected chi connectivity index (χ4v) is 5.70. The van der Waals surface area contributed by atoms with Gasteiger partial charge in [-0.15, -0.1) is 0 Å². The molecule has 33 heavy (non-hydrogen) atoms. The molecule has 1 saturated heterocycles. The van der Waals surface area contributed by atoms with Crippen molar-refractivity contribution in [3.63, 3.8) is 0 Å². The van der Waals surface area contributed by atoms with E-state index in [0.29, 0.717) is 49.3 Å². The van der Waals surface area contributed by atoms with E-state index in [1.807, 2.05) is 0 Å². The van der Waals surface area contributed by atoms with E-state index < -0.39 is 27.0 Å². The van der Waals surface area contributed by atoms with Crippen LogP contribution in [0.25, 0.3) is 0 Å². The molecule has 1 aromatic heterocycles. The van der Waals surface area contributed by atoms with Gasteiger partial charge in [-0.1, -0.05) is 28.6 Å². The second-order valence-electron chi connectivity index (χ2n) is 7.97. The number of piperidine rings is 1. The third-order valence-electron chi connectivity index (χ3n) is 5.45. The fourth-order valence-electron chi connectivity index (χ4n) is 3.50. The molecule has 176 valence electrons. The van der Waals surface area contributed by atoms with Crippen molar-refractivity contribution in [2.45, 2.75) is 48.9 Å². The highest BCUT2D eigenvalue weighted by Gasteiger charge is 2.36. The number of anilines is 1. The summed E-state index contributed by atoms with van der Waals surface area (Å²) in [6.07, 6.45) is 3.30. The maximum atomic E-state index is 13.3. The average molecular weight is 495 g/mol. The number of amides is 2. The second-order valence-corrected chi connectivity index (χ2v) is 11.2. The van der Waals surface area contributed by atoms with Gasteiger partial charge in [-0.05, 0) is 37.8 Å². The molecule has 1 aromatic carbocycles. The van der Waals surface area contributed by atoms with Crippen molar-refractivity contribution in [3.05, 3.63) is 41.2 Å². The zero-order valence-corrected chi connectivity index (χ0v) is 19.5. The number of rotatable bonds is 7. The Kier molecular flexibility index (Phi) is 6.75. The van der Waals surface area contributed by atoms with Gasteiger partial charge in [0.2, 0.25) is 5.91 Å². The molecule has 2 aliphatic rings. The molecule has 0 unspecified atom stereocenters. The van der Waals surface area contributed by atoms with E-state index in [1.165, 1.54) is 31.2 Å². The molecule has 2 heterocycles. The van der Waals surface area contributed by atoms with E-state index >= 15 is 0 Å². The van der Waals surface area contributed by atoms with E-state index in [-0.39, 0.29) is 26.9 Å². The molecule has 0 radical (unpaired) electrons. The summed E-state index contributed by atoms with van der Waals surface area (Å²) < 4.78 is 38.2. The van der Waals surface area contributed by atoms with Crippen LogP contribution in [0.3, 0.4) is 0 Å². The van der Waals surface area contributed by atoms with Crippen LogP contribution in [0.4, 0.5) is 9.52 Å². The Morgan fingerprint density at radius 2 is 1.97 bits per heavy atom. The van der Waals surface area contributed by atoms with Gasteiger partial charge in [0.25, 0.3) is 5.91 Å². The van der Waals surface area contributed by atoms with E-state index in [0.717, 1.165) is 12.6 Å². The summed E-state index contributed by atoms with van der Waals surface area (Å²) in [6, 6.07) is 5.85. The van der Waals surface area contributed by atoms with Crippen molar-refractivity contribution >= 4 is 43.8 Å². The number of nitrogens with one attached hydrogen (secondary N) is 1. The molecule has 2 amide bonds. The highest BCUT2D eigenvalue weighted by Crippen LogP contribution is 2.33. The summed E-state index contributed by atoms with van der Waals surface area (Å²) in [7, 11) is -3.38. The number of sulfone groups is 1. The summed E-state index contributed by atoms with van der Waals surface area (Å²) in [5.74, 6) is -0.745. The first-order chi connectivity index (χ1) is 15.7. The average Bonchev–Trinajstić information content (AvgIpc) is 3.58. The molecule has 0 bridgehead atoms. The number of aromatic nitrogens is 1. The van der Waals surface area contributed by atoms with Crippen LogP contribution in [0.5, 0.6) is 0 Å². The molecule has 4 rings (SSSR count). The van der Waals surface area contributed by atoms with Crippen LogP contribution in [0.15, 0.2) is 40.5 Å². The molecule has 2 fully saturated rings. The third-order valence-corrected chi connectivity index (χ3v) is 8.43. The maximum Gasteiger partial charge on any atom is 0.280 e. The zero-order valence-electron chi connectivity index (χ0n) is 17.9. The van der Waals surface area contributed by atoms with Crippen molar-refractivity contribution in [1.29, 1.82) is 0 Å². The Morgan fingerprint density at radius 3 is 2.58 bits per heavy atom. The van der Waals surface area contributed by atoms with Gasteiger partial charge in [0.15, 0.2) is 25.8 Å². The first-order valence-corrected chi connectivity index (χ1v) is 12.9. The predicted octanol–water partition coefficient (Wildman–Crippen LogP) is 2.59. The van der Waals surface area contributed by atoms with Crippen LogP contribution >= 0.6 is 11.3 Å². The van der Waals surface area contributed by atoms with Crippen molar-refractivity contribution in [2.24, 2.45) is 5.16 Å². The molecule has 9 nitrogen and oxygen atoms in total. The first kappa shape index (κ1) is 23.3. The van der Waals surface area contributed by atoms with Gasteiger partial charge in [-0.3, -0.25) is 14.9 Å². The largest absolute Gasteiger partial charge is 0.390 e. The molecule has 0 spiro atoms. The van der Waals surface area contributed by atoms with Crippen molar-refractivity contribution < 1.29 is 27.2 Å². The highest BCUT2D eigenvalue weighted by atomic mass is 32.2. The number of thiazole rings is 1. The summed E-state index contributed by atoms with van der Waals surface area (Å²) in [4.78, 5) is 35.8. The minimum atomic E-state index is -3.38. The minimum absolute atomic E-state index is 0.0542. The summed E-state index contributed by atoms with van der Waals surface area (Å²) in [6.45, 7) is 2.47. The summed E-state index contributed by atoms with van der Waals surface area (Å²) in [5.41, 5.74) is 0.222. The first-order valence-electron chi connectivity index (χ1n) is 10.5. The van der Waals surface area contributed by atoms with Crippen LogP contribution in [0.2, 0.25) is 0 Å². The second kappa shape index (κ2) is 9.56. The molecular weight excluding hydrogens is 471 g/mol. The Morgan fingerprint density at radius 1 is 1.24 bits per heavy atom. The summed E-state index contributed by atoms with van der Waals surface area (Å²) >= 11 is 0.665. The van der Waals surface area contributed by atoms with Gasteiger partial charge in [0, 0.05) is 19.0 Å². The molecule has 1 N–H and O–H groups in total. The van der Waals surface area contributed by atoms with Gasteiger partial charge >= 0.3 is 0 Å². The monoisotopic (exact) mass is 494 g/mol. The SMILES string of the molecule is CC(=O)N1CCC[C@@H](ON=C(C(=O)Nc2ncc(F)s2)c2ccc(S(=O)(=O)C3CC3)cc2)C1. The Labute approximate surface area is 194 Å². The van der Waals surface area contributed by atoms with E-state index in [4.69, 9.17) is 4.84 Å². The molecular formula is C21H23FN4O5S2. The van der Waals surface area contributed by atoms with Crippen LogP contribution in [-0.2, 0) is 24.3 Å². The van der Waals surface area contributed by atoms with Gasteiger partial charge in [0.05, 0.1) is 22.9 Å². The topological polar surface area (TPSA) is 118 Å². The normalized spacial score (nSPS) is 19.3. The number of halogens is 1. The van der Waals surface area contributed by atoms with E-state index in [9.17, 15) is 22.4 Å². The number of likely N-dealkylation sites (tertiary alicyclic amines) is 1. The fraction of sp³-hybridized carbons (Fsp3) is 0.429. The smallest absolute Gasteiger partial charge is 0.280 e. The zero-order chi connectivity index (χ0) is 23.6. The standard InChI is InChI=1S/C21H23FN4O5S2/c1-13(27)26-10-2-3-15(12-26)31-25-19(20(28)24-21-23-11-18(22)32-21)14-4-6-16(7-5-14)33(29,30)17-8-9-17/h4-7,11,15,17H,2-3,8-10,12H2,1H3,(H,23,24,28)/t15-/m1/s1. The predicted molar refractivity (Wildman–Crippen MR) is 120 cm³/mol. The number of nitrogens with zero attached hydrogens (tertiary/aromatic N) is 3. The van der Waals surface area contributed by atoms with Crippen LogP contribution in [-0.4, -0.2) is 60.3 Å². The van der Waals surface area contributed by atoms with Crippen molar-refractivity contribution in [2.75, 3.05) is 18.4 Å². The molecule has 1 aliphatic heterocycles. The Hall–Kier alpha value is -2.86. The minimum Gasteiger partial charge on any atom is -0.390 e. The Bertz CT molecular complexity index is 1180. The van der Waals surface area contributed by atoms with Gasteiger partial charge in [-0.2, -0.15) is 4.39 Å². The van der Waals surface area contributed by atoms with Crippen LogP contribution in [0.1, 0.15) is 38.2 Å². The number of benzene rings is 1. The van der Waals surface area contributed by atoms with Gasteiger partial charge in [0.1, 0.15) is 6.10 Å². The lowest BCUT2D eigenvalue weighted by molar-refractivity contribution is -0.133. The molecule has 12 heteroatoms. The number of carbonyl (C=O) groups is 2. The van der Waals surface area contributed by atoms with E-state index in [1.54, 1.807) is 4.90 Å².